The van der Waals surface area contributed by atoms with Gasteiger partial charge in [-0.15, -0.1) is 0 Å². The van der Waals surface area contributed by atoms with E-state index in [2.05, 4.69) is 9.88 Å². The van der Waals surface area contributed by atoms with Crippen molar-refractivity contribution in [3.05, 3.63) is 65.1 Å². The molecular weight excluding hydrogens is 476 g/mol. The number of aliphatic hydroxyl groups excluding tert-OH is 1. The topological polar surface area (TPSA) is 106 Å². The number of aryl methyl sites for hydroxylation is 1. The van der Waals surface area contributed by atoms with Crippen molar-refractivity contribution in [2.75, 3.05) is 53.6 Å². The Morgan fingerprint density at radius 3 is 2.57 bits per heavy atom. The molecule has 2 aliphatic rings. The molecule has 37 heavy (non-hydrogen) atoms. The van der Waals surface area contributed by atoms with Crippen LogP contribution in [0.5, 0.6) is 11.5 Å². The smallest absolute Gasteiger partial charge is 0.295 e. The first kappa shape index (κ1) is 24.8. The van der Waals surface area contributed by atoms with E-state index in [4.69, 9.17) is 14.2 Å². The third kappa shape index (κ3) is 4.42. The summed E-state index contributed by atoms with van der Waals surface area (Å²) in [5, 5.41) is 11.6. The maximum atomic E-state index is 13.5. The fourth-order valence-corrected chi connectivity index (χ4v) is 5.08. The normalized spacial score (nSPS) is 20.1. The molecule has 0 radical (unpaired) electrons. The minimum Gasteiger partial charge on any atom is -0.505 e. The molecule has 1 N–H and O–H groups in total. The summed E-state index contributed by atoms with van der Waals surface area (Å²) in [6.45, 7) is 5.43. The number of likely N-dealkylation sites (tertiary alicyclic amines) is 1. The number of methoxy groups -OCH3 is 2. The molecule has 10 nitrogen and oxygen atoms in total. The number of carbonyl (C=O) groups is 2. The van der Waals surface area contributed by atoms with E-state index in [1.54, 1.807) is 42.8 Å². The van der Waals surface area contributed by atoms with Gasteiger partial charge >= 0.3 is 0 Å². The van der Waals surface area contributed by atoms with Crippen LogP contribution in [-0.4, -0.2) is 89.6 Å². The highest BCUT2D eigenvalue weighted by Gasteiger charge is 2.46. The molecule has 2 aliphatic heterocycles. The Kier molecular flexibility index (Phi) is 6.86. The lowest BCUT2D eigenvalue weighted by atomic mass is 9.96. The van der Waals surface area contributed by atoms with Gasteiger partial charge in [-0.3, -0.25) is 18.9 Å². The van der Waals surface area contributed by atoms with E-state index in [0.717, 1.165) is 13.1 Å². The number of carbonyl (C=O) groups excluding carboxylic acids is 2. The number of ether oxygens (including phenoxy) is 3. The van der Waals surface area contributed by atoms with Gasteiger partial charge in [-0.25, -0.2) is 4.98 Å². The number of hydrogen-bond donors (Lipinski definition) is 1. The van der Waals surface area contributed by atoms with Crippen LogP contribution in [0.25, 0.3) is 11.4 Å². The van der Waals surface area contributed by atoms with Crippen LogP contribution in [0.3, 0.4) is 0 Å². The van der Waals surface area contributed by atoms with Gasteiger partial charge in [0.2, 0.25) is 0 Å². The van der Waals surface area contributed by atoms with E-state index in [9.17, 15) is 14.7 Å². The maximum Gasteiger partial charge on any atom is 0.295 e. The summed E-state index contributed by atoms with van der Waals surface area (Å²) >= 11 is 0. The highest BCUT2D eigenvalue weighted by Crippen LogP contribution is 2.42. The van der Waals surface area contributed by atoms with Crippen LogP contribution in [0.2, 0.25) is 0 Å². The summed E-state index contributed by atoms with van der Waals surface area (Å²) in [6.07, 6.45) is 1.77. The molecule has 1 atom stereocenters. The zero-order valence-electron chi connectivity index (χ0n) is 21.1. The molecule has 2 fully saturated rings. The van der Waals surface area contributed by atoms with Gasteiger partial charge in [0.05, 0.1) is 44.7 Å². The minimum absolute atomic E-state index is 0.0213. The average Bonchev–Trinajstić information content (AvgIpc) is 3.39. The molecule has 0 unspecified atom stereocenters. The molecule has 1 amide bonds. The van der Waals surface area contributed by atoms with Crippen LogP contribution in [0.15, 0.2) is 48.2 Å². The molecule has 5 rings (SSSR count). The summed E-state index contributed by atoms with van der Waals surface area (Å²) in [6, 6.07) is 9.93. The summed E-state index contributed by atoms with van der Waals surface area (Å²) < 4.78 is 18.0. The largest absolute Gasteiger partial charge is 0.505 e. The number of aromatic nitrogens is 2. The highest BCUT2D eigenvalue weighted by atomic mass is 16.5. The fraction of sp³-hybridized carbons (Fsp3) is 0.370. The molecule has 4 heterocycles. The Bertz CT molecular complexity index is 1370. The quantitative estimate of drug-likeness (QED) is 0.296. The third-order valence-electron chi connectivity index (χ3n) is 6.95. The lowest BCUT2D eigenvalue weighted by molar-refractivity contribution is -0.140. The number of aliphatic hydroxyl groups is 1. The Morgan fingerprint density at radius 1 is 1.08 bits per heavy atom. The number of fused-ring (bicyclic) bond motifs is 1. The van der Waals surface area contributed by atoms with Crippen LogP contribution in [-0.2, 0) is 14.3 Å². The summed E-state index contributed by atoms with van der Waals surface area (Å²) in [7, 11) is 3.07. The number of ketones is 1. The molecule has 0 aliphatic carbocycles. The van der Waals surface area contributed by atoms with Crippen molar-refractivity contribution in [2.45, 2.75) is 13.0 Å². The Labute approximate surface area is 214 Å². The third-order valence-corrected chi connectivity index (χ3v) is 6.95. The Hall–Kier alpha value is -3.89. The molecule has 0 saturated carbocycles. The summed E-state index contributed by atoms with van der Waals surface area (Å²) in [5.74, 6) is -0.660. The second kappa shape index (κ2) is 10.2. The molecular formula is C27H30N4O6. The van der Waals surface area contributed by atoms with Crippen molar-refractivity contribution < 1.29 is 28.9 Å². The van der Waals surface area contributed by atoms with Gasteiger partial charge in [0.25, 0.3) is 11.7 Å². The van der Waals surface area contributed by atoms with Crippen molar-refractivity contribution in [1.82, 2.24) is 19.2 Å². The van der Waals surface area contributed by atoms with Crippen LogP contribution >= 0.6 is 0 Å². The van der Waals surface area contributed by atoms with E-state index in [1.807, 2.05) is 18.2 Å². The molecule has 2 aromatic heterocycles. The first-order valence-corrected chi connectivity index (χ1v) is 12.2. The average molecular weight is 507 g/mol. The number of Topliss-reactive ketones (excluding diaryl/α,β-unsaturated/α-hetero) is 1. The molecule has 1 aromatic carbocycles. The van der Waals surface area contributed by atoms with E-state index >= 15 is 0 Å². The predicted molar refractivity (Wildman–Crippen MR) is 136 cm³/mol. The number of imidazole rings is 1. The van der Waals surface area contributed by atoms with Gasteiger partial charge in [-0.1, -0.05) is 12.1 Å². The number of nitrogens with zero attached hydrogens (tertiary/aromatic N) is 4. The van der Waals surface area contributed by atoms with Crippen LogP contribution < -0.4 is 9.47 Å². The highest BCUT2D eigenvalue weighted by molar-refractivity contribution is 6.46. The minimum atomic E-state index is -0.811. The zero-order valence-corrected chi connectivity index (χ0v) is 21.1. The molecule has 10 heteroatoms. The maximum absolute atomic E-state index is 13.5. The van der Waals surface area contributed by atoms with Crippen LogP contribution in [0, 0.1) is 6.92 Å². The number of benzene rings is 1. The number of hydrogen-bond acceptors (Lipinski definition) is 8. The Morgan fingerprint density at radius 2 is 1.84 bits per heavy atom. The van der Waals surface area contributed by atoms with Gasteiger partial charge < -0.3 is 24.2 Å². The van der Waals surface area contributed by atoms with Gasteiger partial charge in [0.1, 0.15) is 11.3 Å². The Balaban J connectivity index is 1.64. The van der Waals surface area contributed by atoms with Crippen LogP contribution in [0.1, 0.15) is 23.0 Å². The lowest BCUT2D eigenvalue weighted by Gasteiger charge is -2.31. The number of pyridine rings is 1. The van der Waals surface area contributed by atoms with Gasteiger partial charge in [0, 0.05) is 32.4 Å². The van der Waals surface area contributed by atoms with Crippen molar-refractivity contribution in [1.29, 1.82) is 0 Å². The molecule has 0 bridgehead atoms. The van der Waals surface area contributed by atoms with Crippen LogP contribution in [0.4, 0.5) is 0 Å². The van der Waals surface area contributed by atoms with Gasteiger partial charge in [-0.2, -0.15) is 0 Å². The van der Waals surface area contributed by atoms with Gasteiger partial charge in [-0.05, 0) is 36.8 Å². The second-order valence-electron chi connectivity index (χ2n) is 9.04. The standard InChI is InChI=1S/C27H30N4O6/c1-17-23(30-9-5-4-6-21(30)28-17)25(32)22-24(18-7-8-19(35-2)20(16-18)36-3)31(27(34)26(22)33)11-10-29-12-14-37-15-13-29/h4-9,16,24,32H,10-15H2,1-3H3/b25-22+/t24-/m1/s1. The summed E-state index contributed by atoms with van der Waals surface area (Å²) in [5.41, 5.74) is 2.21. The van der Waals surface area contributed by atoms with Crippen molar-refractivity contribution >= 4 is 23.1 Å². The first-order valence-electron chi connectivity index (χ1n) is 12.2. The second-order valence-corrected chi connectivity index (χ2v) is 9.04. The fourth-order valence-electron chi connectivity index (χ4n) is 5.08. The first-order chi connectivity index (χ1) is 17.9. The molecule has 2 saturated heterocycles. The van der Waals surface area contributed by atoms with Crippen molar-refractivity contribution in [2.24, 2.45) is 0 Å². The van der Waals surface area contributed by atoms with Crippen molar-refractivity contribution in [3.8, 4) is 11.5 Å². The van der Waals surface area contributed by atoms with E-state index in [0.29, 0.717) is 60.4 Å². The summed E-state index contributed by atoms with van der Waals surface area (Å²) in [4.78, 5) is 35.1. The van der Waals surface area contributed by atoms with E-state index in [-0.39, 0.29) is 11.3 Å². The SMILES string of the molecule is COc1ccc([C@@H]2/C(=C(\O)c3c(C)nc4ccccn34)C(=O)C(=O)N2CCN2CCOCC2)cc1OC. The number of amides is 1. The van der Waals surface area contributed by atoms with Crippen molar-refractivity contribution in [3.63, 3.8) is 0 Å². The van der Waals surface area contributed by atoms with E-state index in [1.165, 1.54) is 12.0 Å². The monoisotopic (exact) mass is 506 g/mol. The zero-order chi connectivity index (χ0) is 26.1. The molecule has 3 aromatic rings. The van der Waals surface area contributed by atoms with E-state index < -0.39 is 17.7 Å². The number of morpholine rings is 1. The molecule has 194 valence electrons. The van der Waals surface area contributed by atoms with Gasteiger partial charge in [0.15, 0.2) is 17.3 Å². The molecule has 0 spiro atoms. The lowest BCUT2D eigenvalue weighted by Crippen LogP contribution is -2.42. The number of rotatable bonds is 7. The predicted octanol–water partition coefficient (Wildman–Crippen LogP) is 2.41.